The minimum atomic E-state index is -0.506. The Morgan fingerprint density at radius 2 is 1.17 bits per heavy atom. The van der Waals surface area contributed by atoms with Crippen LogP contribution in [0.3, 0.4) is 0 Å². The summed E-state index contributed by atoms with van der Waals surface area (Å²) in [5.41, 5.74) is 3.89. The van der Waals surface area contributed by atoms with Crippen molar-refractivity contribution >= 4 is 33.2 Å². The summed E-state index contributed by atoms with van der Waals surface area (Å²) in [5.74, 6) is 1.86. The molecular weight excluding hydrogens is 761 g/mol. The van der Waals surface area contributed by atoms with Crippen molar-refractivity contribution < 1.29 is 33.3 Å². The summed E-state index contributed by atoms with van der Waals surface area (Å²) in [6.07, 6.45) is 0. The van der Waals surface area contributed by atoms with Crippen molar-refractivity contribution in [2.45, 2.75) is 39.6 Å². The maximum atomic E-state index is 14.4. The molecule has 0 radical (unpaired) electrons. The van der Waals surface area contributed by atoms with Crippen LogP contribution in [0.1, 0.15) is 47.8 Å². The summed E-state index contributed by atoms with van der Waals surface area (Å²) >= 11 is 1.59. The van der Waals surface area contributed by atoms with E-state index in [0.29, 0.717) is 37.6 Å². The van der Waals surface area contributed by atoms with Gasteiger partial charge in [-0.15, -0.1) is 11.3 Å². The number of hydrogen-bond acceptors (Lipinski definition) is 10. The number of carbonyl (C=O) groups excluding carboxylic acids is 2. The molecule has 0 spiro atoms. The van der Waals surface area contributed by atoms with Gasteiger partial charge in [-0.1, -0.05) is 60.7 Å². The predicted molar refractivity (Wildman–Crippen MR) is 234 cm³/mol. The van der Waals surface area contributed by atoms with Crippen LogP contribution >= 0.6 is 11.3 Å². The molecule has 59 heavy (non-hydrogen) atoms. The molecule has 5 aromatic carbocycles. The van der Waals surface area contributed by atoms with Crippen molar-refractivity contribution in [1.29, 1.82) is 0 Å². The zero-order valence-corrected chi connectivity index (χ0v) is 34.9. The fourth-order valence-corrected chi connectivity index (χ4v) is 8.11. The van der Waals surface area contributed by atoms with Crippen molar-refractivity contribution in [2.24, 2.45) is 0 Å². The van der Waals surface area contributed by atoms with Crippen LogP contribution in [0.4, 0.5) is 0 Å². The number of benzene rings is 5. The van der Waals surface area contributed by atoms with E-state index in [-0.39, 0.29) is 18.4 Å². The highest BCUT2D eigenvalue weighted by Crippen LogP contribution is 2.42. The van der Waals surface area contributed by atoms with E-state index in [9.17, 15) is 9.59 Å². The number of thiophene rings is 1. The van der Waals surface area contributed by atoms with Crippen LogP contribution in [0.2, 0.25) is 0 Å². The van der Waals surface area contributed by atoms with Crippen LogP contribution in [-0.2, 0) is 27.5 Å². The topological polar surface area (TPSA) is 86.8 Å². The van der Waals surface area contributed by atoms with Crippen molar-refractivity contribution in [3.05, 3.63) is 150 Å². The van der Waals surface area contributed by atoms with Gasteiger partial charge >= 0.3 is 5.97 Å². The zero-order valence-electron chi connectivity index (χ0n) is 34.1. The van der Waals surface area contributed by atoms with Gasteiger partial charge in [-0.25, -0.2) is 4.79 Å². The molecule has 1 aromatic heterocycles. The monoisotopic (exact) mass is 812 g/mol. The molecule has 0 amide bonds. The molecule has 1 fully saturated rings. The average Bonchev–Trinajstić information content (AvgIpc) is 3.63. The van der Waals surface area contributed by atoms with Crippen molar-refractivity contribution in [1.82, 2.24) is 9.80 Å². The van der Waals surface area contributed by atoms with E-state index in [4.69, 9.17) is 23.7 Å². The van der Waals surface area contributed by atoms with Gasteiger partial charge < -0.3 is 23.7 Å². The van der Waals surface area contributed by atoms with Gasteiger partial charge in [0.15, 0.2) is 5.78 Å². The van der Waals surface area contributed by atoms with Crippen molar-refractivity contribution in [3.63, 3.8) is 0 Å². The summed E-state index contributed by atoms with van der Waals surface area (Å²) in [4.78, 5) is 31.9. The number of piperazine rings is 1. The van der Waals surface area contributed by atoms with E-state index in [1.54, 1.807) is 11.3 Å². The third-order valence-electron chi connectivity index (χ3n) is 9.95. The summed E-state index contributed by atoms with van der Waals surface area (Å²) in [7, 11) is 0. The number of ether oxygens (including phenoxy) is 5. The van der Waals surface area contributed by atoms with E-state index in [0.717, 1.165) is 88.2 Å². The van der Waals surface area contributed by atoms with E-state index in [1.165, 1.54) is 0 Å². The number of carbonyl (C=O) groups is 2. The molecule has 2 heterocycles. The Labute approximate surface area is 351 Å². The van der Waals surface area contributed by atoms with Gasteiger partial charge in [0.1, 0.15) is 49.3 Å². The summed E-state index contributed by atoms with van der Waals surface area (Å²) in [6.45, 7) is 12.8. The van der Waals surface area contributed by atoms with Crippen LogP contribution < -0.4 is 14.2 Å². The third kappa shape index (κ3) is 12.0. The maximum absolute atomic E-state index is 14.4. The molecule has 0 aliphatic carbocycles. The van der Waals surface area contributed by atoms with Crippen LogP contribution in [0.5, 0.6) is 17.2 Å². The molecule has 0 atom stereocenters. The van der Waals surface area contributed by atoms with Gasteiger partial charge in [0.25, 0.3) is 0 Å². The largest absolute Gasteiger partial charge is 0.492 e. The normalized spacial score (nSPS) is 13.6. The van der Waals surface area contributed by atoms with E-state index < -0.39 is 5.60 Å². The molecule has 1 saturated heterocycles. The molecule has 1 aliphatic heterocycles. The number of rotatable bonds is 18. The lowest BCUT2D eigenvalue weighted by molar-refractivity contribution is -0.160. The number of hydrogen-bond donors (Lipinski definition) is 0. The highest BCUT2D eigenvalue weighted by atomic mass is 32.1. The first-order valence-electron chi connectivity index (χ1n) is 20.2. The second kappa shape index (κ2) is 20.0. The summed E-state index contributed by atoms with van der Waals surface area (Å²) < 4.78 is 30.2. The standard InChI is InChI=1S/C49H52N2O7S/c1-49(2,3)58-45(52)35-54-30-28-50-24-26-51(27-25-50)29-31-55-40-18-14-38(15-19-40)47(53)46-43-23-22-42(57-34-37-12-8-5-9-13-37)32-44(43)59-48(46)39-16-20-41(21-17-39)56-33-36-10-6-4-7-11-36/h4-23,32H,24-31,33-35H2,1-3H3. The Morgan fingerprint density at radius 3 is 1.78 bits per heavy atom. The van der Waals surface area contributed by atoms with Gasteiger partial charge in [0.05, 0.1) is 6.61 Å². The van der Waals surface area contributed by atoms with Crippen LogP contribution in [0, 0.1) is 0 Å². The number of fused-ring (bicyclic) bond motifs is 1. The van der Waals surface area contributed by atoms with Gasteiger partial charge in [-0.3, -0.25) is 14.6 Å². The minimum Gasteiger partial charge on any atom is -0.492 e. The zero-order chi connectivity index (χ0) is 41.0. The molecule has 6 aromatic rings. The lowest BCUT2D eigenvalue weighted by atomic mass is 9.97. The first-order chi connectivity index (χ1) is 28.7. The number of nitrogens with zero attached hydrogens (tertiary/aromatic N) is 2. The molecular formula is C49H52N2O7S. The quantitative estimate of drug-likeness (QED) is 0.0479. The van der Waals surface area contributed by atoms with Crippen molar-refractivity contribution in [2.75, 3.05) is 59.1 Å². The van der Waals surface area contributed by atoms with Gasteiger partial charge in [0.2, 0.25) is 0 Å². The average molecular weight is 813 g/mol. The Hall–Kier alpha value is -5.52. The molecule has 306 valence electrons. The first-order valence-corrected chi connectivity index (χ1v) is 21.0. The lowest BCUT2D eigenvalue weighted by Crippen LogP contribution is -2.48. The Balaban J connectivity index is 0.964. The third-order valence-corrected chi connectivity index (χ3v) is 11.2. The second-order valence-electron chi connectivity index (χ2n) is 15.6. The van der Waals surface area contributed by atoms with Crippen LogP contribution in [0.25, 0.3) is 20.5 Å². The Kier molecular flexibility index (Phi) is 14.1. The number of esters is 1. The molecule has 10 heteroatoms. The molecule has 0 unspecified atom stereocenters. The molecule has 0 bridgehead atoms. The van der Waals surface area contributed by atoms with Crippen molar-refractivity contribution in [3.8, 4) is 27.7 Å². The van der Waals surface area contributed by atoms with E-state index in [2.05, 4.69) is 9.80 Å². The lowest BCUT2D eigenvalue weighted by Gasteiger charge is -2.34. The molecule has 7 rings (SSSR count). The smallest absolute Gasteiger partial charge is 0.332 e. The van der Waals surface area contributed by atoms with Crippen LogP contribution in [-0.4, -0.2) is 86.2 Å². The van der Waals surface area contributed by atoms with E-state index in [1.807, 2.05) is 148 Å². The van der Waals surface area contributed by atoms with Crippen LogP contribution in [0.15, 0.2) is 127 Å². The Morgan fingerprint density at radius 1 is 0.627 bits per heavy atom. The van der Waals surface area contributed by atoms with Gasteiger partial charge in [-0.2, -0.15) is 0 Å². The second-order valence-corrected chi connectivity index (χ2v) is 16.6. The van der Waals surface area contributed by atoms with E-state index >= 15 is 0 Å². The predicted octanol–water partition coefficient (Wildman–Crippen LogP) is 9.31. The first kappa shape index (κ1) is 41.6. The van der Waals surface area contributed by atoms with Gasteiger partial charge in [0, 0.05) is 65.4 Å². The Bertz CT molecular complexity index is 2260. The maximum Gasteiger partial charge on any atom is 0.332 e. The molecule has 0 N–H and O–H groups in total. The summed E-state index contributed by atoms with van der Waals surface area (Å²) in [5, 5.41) is 0.889. The fraction of sp³-hybridized carbons (Fsp3) is 0.306. The fourth-order valence-electron chi connectivity index (χ4n) is 6.88. The van der Waals surface area contributed by atoms with Gasteiger partial charge in [-0.05, 0) is 104 Å². The highest BCUT2D eigenvalue weighted by Gasteiger charge is 2.23. The number of ketones is 1. The molecule has 0 saturated carbocycles. The molecule has 9 nitrogen and oxygen atoms in total. The SMILES string of the molecule is CC(C)(C)OC(=O)COCCN1CCN(CCOc2ccc(C(=O)c3c(-c4ccc(OCc5ccccc5)cc4)sc4cc(OCc5ccccc5)ccc34)cc2)CC1. The molecule has 1 aliphatic rings. The highest BCUT2D eigenvalue weighted by molar-refractivity contribution is 7.22. The minimum absolute atomic E-state index is 0.0249. The summed E-state index contributed by atoms with van der Waals surface area (Å²) in [6, 6.07) is 41.6.